The fraction of sp³-hybridized carbons (Fsp3) is 0.0952. The van der Waals surface area contributed by atoms with E-state index < -0.39 is 0 Å². The van der Waals surface area contributed by atoms with Crippen LogP contribution in [0.5, 0.6) is 0 Å². The zero-order valence-electron chi connectivity index (χ0n) is 14.4. The van der Waals surface area contributed by atoms with E-state index in [2.05, 4.69) is 21.7 Å². The lowest BCUT2D eigenvalue weighted by molar-refractivity contribution is -0.115. The molecule has 128 valence electrons. The average Bonchev–Trinajstić information content (AvgIpc) is 2.66. The zero-order valence-corrected chi connectivity index (χ0v) is 14.4. The van der Waals surface area contributed by atoms with Crippen molar-refractivity contribution in [3.05, 3.63) is 83.6 Å². The highest BCUT2D eigenvalue weighted by Crippen LogP contribution is 2.20. The number of aryl methyl sites for hydroxylation is 1. The predicted octanol–water partition coefficient (Wildman–Crippen LogP) is 4.19. The highest BCUT2D eigenvalue weighted by Gasteiger charge is 2.07. The normalized spacial score (nSPS) is 10.0. The van der Waals surface area contributed by atoms with Gasteiger partial charge in [-0.3, -0.25) is 4.79 Å². The van der Waals surface area contributed by atoms with Crippen LogP contribution in [-0.2, 0) is 11.2 Å². The molecule has 3 rings (SSSR count). The van der Waals surface area contributed by atoms with Gasteiger partial charge in [-0.2, -0.15) is 5.26 Å². The molecule has 2 aromatic carbocycles. The van der Waals surface area contributed by atoms with Crippen molar-refractivity contribution in [2.75, 3.05) is 10.6 Å². The third-order valence-electron chi connectivity index (χ3n) is 3.97. The number of anilines is 3. The van der Waals surface area contributed by atoms with E-state index in [4.69, 9.17) is 5.26 Å². The molecule has 0 aliphatic carbocycles. The summed E-state index contributed by atoms with van der Waals surface area (Å²) in [4.78, 5) is 16.5. The van der Waals surface area contributed by atoms with Crippen molar-refractivity contribution in [3.63, 3.8) is 0 Å². The van der Waals surface area contributed by atoms with Gasteiger partial charge in [0.15, 0.2) is 0 Å². The molecule has 1 heterocycles. The Balaban J connectivity index is 1.63. The molecular weight excluding hydrogens is 324 g/mol. The van der Waals surface area contributed by atoms with Crippen molar-refractivity contribution in [1.82, 2.24) is 4.98 Å². The minimum absolute atomic E-state index is 0.0864. The second-order valence-electron chi connectivity index (χ2n) is 5.87. The topological polar surface area (TPSA) is 77.8 Å². The van der Waals surface area contributed by atoms with Crippen LogP contribution < -0.4 is 10.6 Å². The largest absolute Gasteiger partial charge is 0.339 e. The van der Waals surface area contributed by atoms with Crippen LogP contribution >= 0.6 is 0 Å². The Labute approximate surface area is 152 Å². The molecular formula is C21H18N4O. The van der Waals surface area contributed by atoms with E-state index >= 15 is 0 Å². The quantitative estimate of drug-likeness (QED) is 0.729. The molecule has 1 aromatic heterocycles. The first-order chi connectivity index (χ1) is 12.7. The van der Waals surface area contributed by atoms with Gasteiger partial charge in [-0.15, -0.1) is 0 Å². The fourth-order valence-corrected chi connectivity index (χ4v) is 2.56. The second kappa shape index (κ2) is 7.95. The van der Waals surface area contributed by atoms with E-state index in [0.29, 0.717) is 29.2 Å². The summed E-state index contributed by atoms with van der Waals surface area (Å²) in [6.07, 6.45) is 1.91. The van der Waals surface area contributed by atoms with E-state index in [1.54, 1.807) is 24.4 Å². The van der Waals surface area contributed by atoms with Crippen molar-refractivity contribution >= 4 is 23.1 Å². The van der Waals surface area contributed by atoms with Gasteiger partial charge in [-0.25, -0.2) is 4.98 Å². The van der Waals surface area contributed by atoms with Crippen LogP contribution in [0.1, 0.15) is 16.7 Å². The number of hydrogen-bond acceptors (Lipinski definition) is 4. The Bertz CT molecular complexity index is 958. The van der Waals surface area contributed by atoms with Gasteiger partial charge in [0.1, 0.15) is 11.9 Å². The number of benzene rings is 2. The van der Waals surface area contributed by atoms with Crippen LogP contribution in [0.25, 0.3) is 0 Å². The predicted molar refractivity (Wildman–Crippen MR) is 102 cm³/mol. The molecule has 0 unspecified atom stereocenters. The maximum Gasteiger partial charge on any atom is 0.228 e. The molecule has 5 heteroatoms. The van der Waals surface area contributed by atoms with E-state index in [0.717, 1.165) is 11.1 Å². The van der Waals surface area contributed by atoms with Crippen LogP contribution in [0.4, 0.5) is 17.2 Å². The summed E-state index contributed by atoms with van der Waals surface area (Å²) in [7, 11) is 0. The van der Waals surface area contributed by atoms with Gasteiger partial charge in [0, 0.05) is 0 Å². The smallest absolute Gasteiger partial charge is 0.228 e. The molecule has 0 saturated heterocycles. The molecule has 0 fully saturated rings. The maximum atomic E-state index is 12.2. The lowest BCUT2D eigenvalue weighted by Crippen LogP contribution is -2.15. The number of aromatic nitrogens is 1. The first-order valence-corrected chi connectivity index (χ1v) is 8.22. The van der Waals surface area contributed by atoms with Gasteiger partial charge in [0.05, 0.1) is 29.6 Å². The summed E-state index contributed by atoms with van der Waals surface area (Å²) < 4.78 is 0. The lowest BCUT2D eigenvalue weighted by Gasteiger charge is -2.09. The number of para-hydroxylation sites is 1. The van der Waals surface area contributed by atoms with Crippen LogP contribution in [0.3, 0.4) is 0 Å². The van der Waals surface area contributed by atoms with Crippen molar-refractivity contribution in [3.8, 4) is 6.07 Å². The molecule has 3 aromatic rings. The van der Waals surface area contributed by atoms with Crippen molar-refractivity contribution in [2.45, 2.75) is 13.3 Å². The Morgan fingerprint density at radius 2 is 1.85 bits per heavy atom. The summed E-state index contributed by atoms with van der Waals surface area (Å²) in [6, 6.07) is 20.7. The number of carbonyl (C=O) groups excluding carboxylic acids is 1. The van der Waals surface area contributed by atoms with E-state index in [1.165, 1.54) is 0 Å². The summed E-state index contributed by atoms with van der Waals surface area (Å²) in [5, 5.41) is 15.1. The molecule has 0 atom stereocenters. The van der Waals surface area contributed by atoms with Crippen molar-refractivity contribution < 1.29 is 4.79 Å². The number of pyridine rings is 1. The molecule has 0 bridgehead atoms. The lowest BCUT2D eigenvalue weighted by atomic mass is 10.1. The van der Waals surface area contributed by atoms with Crippen LogP contribution in [-0.4, -0.2) is 10.9 Å². The highest BCUT2D eigenvalue weighted by molar-refractivity contribution is 5.92. The molecule has 0 aliphatic heterocycles. The monoisotopic (exact) mass is 342 g/mol. The van der Waals surface area contributed by atoms with E-state index in [-0.39, 0.29) is 5.91 Å². The number of hydrogen-bond donors (Lipinski definition) is 2. The van der Waals surface area contributed by atoms with Gasteiger partial charge in [-0.05, 0) is 42.3 Å². The number of amides is 1. The summed E-state index contributed by atoms with van der Waals surface area (Å²) in [5.74, 6) is 0.515. The van der Waals surface area contributed by atoms with Gasteiger partial charge in [-0.1, -0.05) is 36.4 Å². The molecule has 5 nitrogen and oxygen atoms in total. The molecule has 0 aliphatic rings. The Hall–Kier alpha value is -3.65. The fourth-order valence-electron chi connectivity index (χ4n) is 2.56. The molecule has 2 N–H and O–H groups in total. The minimum Gasteiger partial charge on any atom is -0.339 e. The molecule has 26 heavy (non-hydrogen) atoms. The van der Waals surface area contributed by atoms with Gasteiger partial charge in [0.25, 0.3) is 0 Å². The highest BCUT2D eigenvalue weighted by atomic mass is 16.1. The number of nitrogens with zero attached hydrogens (tertiary/aromatic N) is 2. The molecule has 0 spiro atoms. The SMILES string of the molecule is Cc1ccccc1CC(=O)Nc1ccc(Nc2ccccc2C#N)nc1. The van der Waals surface area contributed by atoms with Gasteiger partial charge in [0.2, 0.25) is 5.91 Å². The third kappa shape index (κ3) is 4.25. The number of nitriles is 1. The molecule has 1 amide bonds. The third-order valence-corrected chi connectivity index (χ3v) is 3.97. The molecule has 0 saturated carbocycles. The second-order valence-corrected chi connectivity index (χ2v) is 5.87. The number of nitrogens with one attached hydrogen (secondary N) is 2. The first kappa shape index (κ1) is 17.2. The van der Waals surface area contributed by atoms with Crippen LogP contribution in [0.2, 0.25) is 0 Å². The van der Waals surface area contributed by atoms with Gasteiger partial charge < -0.3 is 10.6 Å². The van der Waals surface area contributed by atoms with Crippen LogP contribution in [0.15, 0.2) is 66.9 Å². The zero-order chi connectivity index (χ0) is 18.4. The summed E-state index contributed by atoms with van der Waals surface area (Å²) >= 11 is 0. The molecule has 0 radical (unpaired) electrons. The Morgan fingerprint density at radius 3 is 2.58 bits per heavy atom. The summed E-state index contributed by atoms with van der Waals surface area (Å²) in [5.41, 5.74) is 3.97. The minimum atomic E-state index is -0.0864. The standard InChI is InChI=1S/C21H18N4O/c1-15-6-2-3-7-16(15)12-21(26)24-18-10-11-20(23-14-18)25-19-9-5-4-8-17(19)13-22/h2-11,14H,12H2,1H3,(H,23,25)(H,24,26). The van der Waals surface area contributed by atoms with E-state index in [9.17, 15) is 4.79 Å². The first-order valence-electron chi connectivity index (χ1n) is 8.22. The Kier molecular flexibility index (Phi) is 5.25. The van der Waals surface area contributed by atoms with Gasteiger partial charge >= 0.3 is 0 Å². The number of rotatable bonds is 5. The van der Waals surface area contributed by atoms with E-state index in [1.807, 2.05) is 49.4 Å². The van der Waals surface area contributed by atoms with Crippen molar-refractivity contribution in [2.24, 2.45) is 0 Å². The maximum absolute atomic E-state index is 12.2. The Morgan fingerprint density at radius 1 is 1.08 bits per heavy atom. The summed E-state index contributed by atoms with van der Waals surface area (Å²) in [6.45, 7) is 1.99. The number of carbonyl (C=O) groups is 1. The van der Waals surface area contributed by atoms with Crippen molar-refractivity contribution in [1.29, 1.82) is 5.26 Å². The average molecular weight is 342 g/mol. The van der Waals surface area contributed by atoms with Crippen LogP contribution in [0, 0.1) is 18.3 Å².